The van der Waals surface area contributed by atoms with E-state index in [1.165, 1.54) is 0 Å². The lowest BCUT2D eigenvalue weighted by Crippen LogP contribution is -2.50. The molecular weight excluding hydrogens is 360 g/mol. The number of H-pyrrole nitrogens is 1. The molecule has 28 heavy (non-hydrogen) atoms. The Morgan fingerprint density at radius 2 is 1.86 bits per heavy atom. The molecule has 1 aromatic carbocycles. The van der Waals surface area contributed by atoms with Crippen LogP contribution in [0.15, 0.2) is 33.9 Å². The average Bonchev–Trinajstić information content (AvgIpc) is 2.69. The van der Waals surface area contributed by atoms with Gasteiger partial charge >= 0.3 is 0 Å². The Balaban J connectivity index is 1.67. The monoisotopic (exact) mass is 388 g/mol. The number of aromatic amines is 1. The molecule has 1 aromatic heterocycles. The maximum absolute atomic E-state index is 12.5. The topological polar surface area (TPSA) is 96.4 Å². The number of benzene rings is 1. The zero-order valence-electron chi connectivity index (χ0n) is 16.4. The Morgan fingerprint density at radius 3 is 2.54 bits per heavy atom. The van der Waals surface area contributed by atoms with Crippen molar-refractivity contribution in [2.75, 3.05) is 32.8 Å². The van der Waals surface area contributed by atoms with Crippen molar-refractivity contribution >= 4 is 16.7 Å². The van der Waals surface area contributed by atoms with Crippen LogP contribution in [-0.4, -0.2) is 59.5 Å². The van der Waals surface area contributed by atoms with Crippen LogP contribution in [0.2, 0.25) is 0 Å². The lowest BCUT2D eigenvalue weighted by molar-refractivity contribution is -0.122. The van der Waals surface area contributed by atoms with Crippen LogP contribution in [0, 0.1) is 5.92 Å². The van der Waals surface area contributed by atoms with Gasteiger partial charge in [-0.15, -0.1) is 0 Å². The number of carbonyl (C=O) groups is 1. The van der Waals surface area contributed by atoms with Gasteiger partial charge in [0.25, 0.3) is 11.1 Å². The van der Waals surface area contributed by atoms with E-state index in [0.717, 1.165) is 24.2 Å². The number of rotatable bonds is 7. The maximum atomic E-state index is 12.5. The van der Waals surface area contributed by atoms with Gasteiger partial charge in [0.05, 0.1) is 24.0 Å². The van der Waals surface area contributed by atoms with Gasteiger partial charge in [-0.1, -0.05) is 26.0 Å². The highest BCUT2D eigenvalue weighted by Gasteiger charge is 2.22. The summed E-state index contributed by atoms with van der Waals surface area (Å²) in [5.41, 5.74) is -0.758. The third-order valence-electron chi connectivity index (χ3n) is 5.03. The second kappa shape index (κ2) is 9.16. The first-order valence-corrected chi connectivity index (χ1v) is 9.76. The van der Waals surface area contributed by atoms with Crippen molar-refractivity contribution in [1.29, 1.82) is 0 Å². The first-order valence-electron chi connectivity index (χ1n) is 9.76. The van der Waals surface area contributed by atoms with Gasteiger partial charge in [0.2, 0.25) is 5.91 Å². The Hall–Kier alpha value is -2.45. The van der Waals surface area contributed by atoms with Crippen molar-refractivity contribution in [3.63, 3.8) is 0 Å². The van der Waals surface area contributed by atoms with E-state index in [9.17, 15) is 14.4 Å². The maximum Gasteiger partial charge on any atom is 0.273 e. The van der Waals surface area contributed by atoms with Crippen molar-refractivity contribution in [2.45, 2.75) is 32.9 Å². The van der Waals surface area contributed by atoms with Crippen molar-refractivity contribution in [3.05, 3.63) is 45.0 Å². The summed E-state index contributed by atoms with van der Waals surface area (Å²) in [4.78, 5) is 39.5. The van der Waals surface area contributed by atoms with Gasteiger partial charge in [-0.25, -0.2) is 4.68 Å². The minimum absolute atomic E-state index is 0.212. The molecule has 1 unspecified atom stereocenters. The zero-order chi connectivity index (χ0) is 20.1. The minimum atomic E-state index is -0.381. The van der Waals surface area contributed by atoms with Gasteiger partial charge < -0.3 is 10.1 Å². The summed E-state index contributed by atoms with van der Waals surface area (Å²) in [5.74, 6) is 0.208. The fourth-order valence-corrected chi connectivity index (χ4v) is 3.64. The molecular formula is C20H28N4O4. The van der Waals surface area contributed by atoms with Crippen LogP contribution in [0.3, 0.4) is 0 Å². The number of amides is 1. The fraction of sp³-hybridized carbons (Fsp3) is 0.550. The van der Waals surface area contributed by atoms with E-state index in [1.807, 2.05) is 0 Å². The third-order valence-corrected chi connectivity index (χ3v) is 5.03. The summed E-state index contributed by atoms with van der Waals surface area (Å²) in [6.07, 6.45) is 0.965. The summed E-state index contributed by atoms with van der Waals surface area (Å²) in [7, 11) is 0. The molecule has 1 saturated heterocycles. The molecule has 1 atom stereocenters. The predicted octanol–water partition coefficient (Wildman–Crippen LogP) is 0.553. The van der Waals surface area contributed by atoms with Crippen LogP contribution in [0.25, 0.3) is 10.8 Å². The van der Waals surface area contributed by atoms with Gasteiger partial charge in [-0.2, -0.15) is 0 Å². The Labute approximate surface area is 163 Å². The molecule has 1 aliphatic heterocycles. The number of aromatic nitrogens is 2. The molecule has 152 valence electrons. The van der Waals surface area contributed by atoms with Gasteiger partial charge in [-0.3, -0.25) is 24.4 Å². The second-order valence-corrected chi connectivity index (χ2v) is 7.61. The van der Waals surface area contributed by atoms with Gasteiger partial charge in [0.1, 0.15) is 6.54 Å². The quantitative estimate of drug-likeness (QED) is 0.722. The molecule has 0 bridgehead atoms. The first kappa shape index (κ1) is 20.3. The largest absolute Gasteiger partial charge is 0.379 e. The normalized spacial score (nSPS) is 16.4. The number of ether oxygens (including phenoxy) is 1. The fourth-order valence-electron chi connectivity index (χ4n) is 3.64. The molecule has 0 saturated carbocycles. The number of morpholine rings is 1. The molecule has 3 rings (SSSR count). The van der Waals surface area contributed by atoms with E-state index in [1.54, 1.807) is 24.3 Å². The van der Waals surface area contributed by atoms with Crippen molar-refractivity contribution in [1.82, 2.24) is 20.0 Å². The molecule has 2 heterocycles. The van der Waals surface area contributed by atoms with Crippen LogP contribution in [0.5, 0.6) is 0 Å². The smallest absolute Gasteiger partial charge is 0.273 e. The van der Waals surface area contributed by atoms with Gasteiger partial charge in [0.15, 0.2) is 0 Å². The van der Waals surface area contributed by atoms with Crippen LogP contribution >= 0.6 is 0 Å². The average molecular weight is 388 g/mol. The molecule has 1 amide bonds. The lowest BCUT2D eigenvalue weighted by atomic mass is 10.0. The Morgan fingerprint density at radius 1 is 1.18 bits per heavy atom. The van der Waals surface area contributed by atoms with Crippen molar-refractivity contribution < 1.29 is 9.53 Å². The lowest BCUT2D eigenvalue weighted by Gasteiger charge is -2.35. The van der Waals surface area contributed by atoms with E-state index >= 15 is 0 Å². The van der Waals surface area contributed by atoms with E-state index in [4.69, 9.17) is 4.74 Å². The minimum Gasteiger partial charge on any atom is -0.379 e. The van der Waals surface area contributed by atoms with Crippen molar-refractivity contribution in [3.8, 4) is 0 Å². The summed E-state index contributed by atoms with van der Waals surface area (Å²) >= 11 is 0. The Kier molecular flexibility index (Phi) is 6.64. The van der Waals surface area contributed by atoms with Crippen LogP contribution in [-0.2, 0) is 16.1 Å². The van der Waals surface area contributed by atoms with E-state index in [0.29, 0.717) is 36.4 Å². The predicted molar refractivity (Wildman–Crippen MR) is 107 cm³/mol. The SMILES string of the molecule is CC(C)CC(CNC(=O)Cn1[nH]c(=O)c2ccccc2c1=O)N1CCOCC1. The number of hydrogen-bond donors (Lipinski definition) is 2. The van der Waals surface area contributed by atoms with Gasteiger partial charge in [0, 0.05) is 25.7 Å². The first-order chi connectivity index (χ1) is 13.5. The van der Waals surface area contributed by atoms with E-state index in [-0.39, 0.29) is 29.6 Å². The van der Waals surface area contributed by atoms with E-state index < -0.39 is 0 Å². The molecule has 2 N–H and O–H groups in total. The molecule has 0 aliphatic carbocycles. The summed E-state index contributed by atoms with van der Waals surface area (Å²) in [5, 5.41) is 6.06. The highest BCUT2D eigenvalue weighted by Crippen LogP contribution is 2.13. The number of carbonyl (C=O) groups excluding carboxylic acids is 1. The summed E-state index contributed by atoms with van der Waals surface area (Å²) < 4.78 is 6.49. The number of nitrogens with zero attached hydrogens (tertiary/aromatic N) is 2. The highest BCUT2D eigenvalue weighted by molar-refractivity contribution is 5.81. The molecule has 1 aliphatic rings. The van der Waals surface area contributed by atoms with Gasteiger partial charge in [-0.05, 0) is 24.5 Å². The summed E-state index contributed by atoms with van der Waals surface area (Å²) in [6, 6.07) is 6.82. The molecule has 8 heteroatoms. The molecule has 1 fully saturated rings. The standard InChI is InChI=1S/C20H28N4O4/c1-14(2)11-15(23-7-9-28-10-8-23)12-21-18(25)13-24-20(27)17-6-4-3-5-16(17)19(26)22-24/h3-6,14-15H,7-13H2,1-2H3,(H,21,25)(H,22,26). The van der Waals surface area contributed by atoms with Crippen LogP contribution < -0.4 is 16.4 Å². The number of nitrogens with one attached hydrogen (secondary N) is 2. The van der Waals surface area contributed by atoms with Crippen molar-refractivity contribution in [2.24, 2.45) is 5.92 Å². The Bertz CT molecular complexity index is 928. The molecule has 8 nitrogen and oxygen atoms in total. The van der Waals surface area contributed by atoms with Crippen LogP contribution in [0.1, 0.15) is 20.3 Å². The number of hydrogen-bond acceptors (Lipinski definition) is 5. The molecule has 2 aromatic rings. The van der Waals surface area contributed by atoms with Crippen LogP contribution in [0.4, 0.5) is 0 Å². The molecule has 0 spiro atoms. The number of fused-ring (bicyclic) bond motifs is 1. The highest BCUT2D eigenvalue weighted by atomic mass is 16.5. The third kappa shape index (κ3) is 4.88. The molecule has 0 radical (unpaired) electrons. The zero-order valence-corrected chi connectivity index (χ0v) is 16.4. The second-order valence-electron chi connectivity index (χ2n) is 7.61. The summed E-state index contributed by atoms with van der Waals surface area (Å²) in [6.45, 7) is 7.73. The van der Waals surface area contributed by atoms with E-state index in [2.05, 4.69) is 29.2 Å².